The van der Waals surface area contributed by atoms with Crippen LogP contribution in [0.5, 0.6) is 0 Å². The van der Waals surface area contributed by atoms with E-state index in [1.807, 2.05) is 17.5 Å². The number of rotatable bonds is 3. The molecule has 11 heavy (non-hydrogen) atoms. The van der Waals surface area contributed by atoms with Gasteiger partial charge in [-0.15, -0.1) is 17.9 Å². The molecule has 2 N–H and O–H groups in total. The van der Waals surface area contributed by atoms with Crippen LogP contribution in [0.25, 0.3) is 0 Å². The molecule has 0 aliphatic carbocycles. The van der Waals surface area contributed by atoms with E-state index in [1.54, 1.807) is 11.3 Å². The van der Waals surface area contributed by atoms with Gasteiger partial charge in [0.2, 0.25) is 0 Å². The molecule has 1 rings (SSSR count). The second-order valence-corrected chi connectivity index (χ2v) is 4.07. The molecule has 1 unspecified atom stereocenters. The molecule has 1 atom stereocenters. The smallest absolute Gasteiger partial charge is 0.0436 e. The van der Waals surface area contributed by atoms with E-state index >= 15 is 0 Å². The van der Waals surface area contributed by atoms with E-state index in [1.165, 1.54) is 4.88 Å². The Labute approximate surface area is 79.0 Å². The summed E-state index contributed by atoms with van der Waals surface area (Å²) in [5, 5.41) is 2.03. The van der Waals surface area contributed by atoms with Gasteiger partial charge in [0.15, 0.2) is 0 Å². The van der Waals surface area contributed by atoms with Crippen LogP contribution in [0.3, 0.4) is 0 Å². The zero-order valence-electron chi connectivity index (χ0n) is 6.09. The molecule has 0 fully saturated rings. The van der Waals surface area contributed by atoms with Crippen LogP contribution in [0.2, 0.25) is 0 Å². The number of halogens is 1. The molecule has 0 radical (unpaired) electrons. The van der Waals surface area contributed by atoms with Crippen LogP contribution in [-0.2, 0) is 0 Å². The highest BCUT2D eigenvalue weighted by atomic mass is 79.9. The Morgan fingerprint density at radius 2 is 2.55 bits per heavy atom. The molecule has 0 bridgehead atoms. The highest BCUT2D eigenvalue weighted by molar-refractivity contribution is 9.10. The van der Waals surface area contributed by atoms with Gasteiger partial charge >= 0.3 is 0 Å². The largest absolute Gasteiger partial charge is 0.323 e. The Bertz CT molecular complexity index is 244. The normalized spacial score (nSPS) is 12.9. The fourth-order valence-electron chi connectivity index (χ4n) is 0.857. The Kier molecular flexibility index (Phi) is 3.30. The van der Waals surface area contributed by atoms with Crippen molar-refractivity contribution in [3.05, 3.63) is 33.5 Å². The van der Waals surface area contributed by atoms with Crippen molar-refractivity contribution in [2.45, 2.75) is 12.5 Å². The van der Waals surface area contributed by atoms with Gasteiger partial charge in [0.25, 0.3) is 0 Å². The van der Waals surface area contributed by atoms with Gasteiger partial charge in [-0.1, -0.05) is 6.08 Å². The van der Waals surface area contributed by atoms with E-state index in [9.17, 15) is 0 Å². The number of nitrogens with two attached hydrogens (primary N) is 1. The molecule has 60 valence electrons. The predicted molar refractivity (Wildman–Crippen MR) is 53.8 cm³/mol. The quantitative estimate of drug-likeness (QED) is 0.796. The summed E-state index contributed by atoms with van der Waals surface area (Å²) in [6, 6.07) is 2.12. The minimum Gasteiger partial charge on any atom is -0.323 e. The van der Waals surface area contributed by atoms with Gasteiger partial charge in [-0.3, -0.25) is 0 Å². The molecular weight excluding hydrogens is 222 g/mol. The van der Waals surface area contributed by atoms with Crippen LogP contribution < -0.4 is 5.73 Å². The van der Waals surface area contributed by atoms with Crippen molar-refractivity contribution in [1.29, 1.82) is 0 Å². The first-order valence-corrected chi connectivity index (χ1v) is 5.02. The highest BCUT2D eigenvalue weighted by Crippen LogP contribution is 2.29. The molecule has 0 saturated heterocycles. The first-order valence-electron chi connectivity index (χ1n) is 3.35. The van der Waals surface area contributed by atoms with Crippen molar-refractivity contribution >= 4 is 27.3 Å². The van der Waals surface area contributed by atoms with E-state index in [4.69, 9.17) is 5.73 Å². The zero-order valence-corrected chi connectivity index (χ0v) is 8.49. The van der Waals surface area contributed by atoms with E-state index in [0.29, 0.717) is 0 Å². The summed E-state index contributed by atoms with van der Waals surface area (Å²) in [5.41, 5.74) is 5.86. The summed E-state index contributed by atoms with van der Waals surface area (Å²) in [5.74, 6) is 0. The first-order chi connectivity index (χ1) is 5.25. The van der Waals surface area contributed by atoms with Gasteiger partial charge in [0.1, 0.15) is 0 Å². The van der Waals surface area contributed by atoms with Gasteiger partial charge < -0.3 is 5.73 Å². The Morgan fingerprint density at radius 1 is 1.82 bits per heavy atom. The minimum absolute atomic E-state index is 0.0990. The van der Waals surface area contributed by atoms with Gasteiger partial charge in [-0.25, -0.2) is 0 Å². The maximum Gasteiger partial charge on any atom is 0.0436 e. The fraction of sp³-hybridized carbons (Fsp3) is 0.250. The molecule has 1 aromatic heterocycles. The van der Waals surface area contributed by atoms with Crippen molar-refractivity contribution in [3.8, 4) is 0 Å². The lowest BCUT2D eigenvalue weighted by molar-refractivity contribution is 0.754. The van der Waals surface area contributed by atoms with Gasteiger partial charge in [-0.05, 0) is 33.8 Å². The summed E-state index contributed by atoms with van der Waals surface area (Å²) in [6.07, 6.45) is 2.68. The third kappa shape index (κ3) is 2.15. The van der Waals surface area contributed by atoms with Gasteiger partial charge in [0, 0.05) is 15.4 Å². The third-order valence-corrected chi connectivity index (χ3v) is 3.40. The number of hydrogen-bond acceptors (Lipinski definition) is 2. The van der Waals surface area contributed by atoms with Crippen LogP contribution >= 0.6 is 27.3 Å². The van der Waals surface area contributed by atoms with Crippen LogP contribution in [0.4, 0.5) is 0 Å². The molecule has 0 aromatic carbocycles. The van der Waals surface area contributed by atoms with Crippen molar-refractivity contribution in [3.63, 3.8) is 0 Å². The molecule has 0 spiro atoms. The van der Waals surface area contributed by atoms with Gasteiger partial charge in [-0.2, -0.15) is 0 Å². The summed E-state index contributed by atoms with van der Waals surface area (Å²) in [4.78, 5) is 1.20. The van der Waals surface area contributed by atoms with E-state index in [0.717, 1.165) is 10.9 Å². The zero-order chi connectivity index (χ0) is 8.27. The Hall–Kier alpha value is -0.120. The van der Waals surface area contributed by atoms with Crippen molar-refractivity contribution < 1.29 is 0 Å². The number of hydrogen-bond donors (Lipinski definition) is 1. The number of thiophene rings is 1. The average molecular weight is 232 g/mol. The fourth-order valence-corrected chi connectivity index (χ4v) is 2.54. The standard InChI is InChI=1S/C8H10BrNS/c1-2-3-7(10)8-6(9)4-5-11-8/h2,4-5,7H,1,3,10H2. The first kappa shape index (κ1) is 8.97. The molecule has 1 heterocycles. The predicted octanol–water partition coefficient (Wildman–Crippen LogP) is 3.09. The average Bonchev–Trinajstić information content (AvgIpc) is 2.36. The van der Waals surface area contributed by atoms with Gasteiger partial charge in [0.05, 0.1) is 0 Å². The lowest BCUT2D eigenvalue weighted by atomic mass is 10.2. The SMILES string of the molecule is C=CCC(N)c1sccc1Br. The van der Waals surface area contributed by atoms with Crippen LogP contribution in [-0.4, -0.2) is 0 Å². The molecule has 0 amide bonds. The Morgan fingerprint density at radius 3 is 3.00 bits per heavy atom. The van der Waals surface area contributed by atoms with E-state index in [-0.39, 0.29) is 6.04 Å². The molecule has 0 aliphatic rings. The van der Waals surface area contributed by atoms with Crippen LogP contribution in [0, 0.1) is 0 Å². The summed E-state index contributed by atoms with van der Waals surface area (Å²) in [6.45, 7) is 3.65. The highest BCUT2D eigenvalue weighted by Gasteiger charge is 2.08. The Balaban J connectivity index is 2.74. The van der Waals surface area contributed by atoms with Crippen molar-refractivity contribution in [2.75, 3.05) is 0 Å². The summed E-state index contributed by atoms with van der Waals surface area (Å²) < 4.78 is 1.11. The van der Waals surface area contributed by atoms with E-state index < -0.39 is 0 Å². The van der Waals surface area contributed by atoms with Crippen LogP contribution in [0.15, 0.2) is 28.6 Å². The molecular formula is C8H10BrNS. The maximum atomic E-state index is 5.86. The van der Waals surface area contributed by atoms with Crippen molar-refractivity contribution in [1.82, 2.24) is 0 Å². The lowest BCUT2D eigenvalue weighted by Gasteiger charge is -2.05. The molecule has 3 heteroatoms. The summed E-state index contributed by atoms with van der Waals surface area (Å²) >= 11 is 5.11. The van der Waals surface area contributed by atoms with Crippen LogP contribution in [0.1, 0.15) is 17.3 Å². The molecule has 1 aromatic rings. The molecule has 0 aliphatic heterocycles. The molecule has 0 saturated carbocycles. The monoisotopic (exact) mass is 231 g/mol. The van der Waals surface area contributed by atoms with E-state index in [2.05, 4.69) is 22.5 Å². The molecule has 1 nitrogen and oxygen atoms in total. The maximum absolute atomic E-state index is 5.86. The minimum atomic E-state index is 0.0990. The second kappa shape index (κ2) is 4.04. The lowest BCUT2D eigenvalue weighted by Crippen LogP contribution is -2.07. The van der Waals surface area contributed by atoms with Crippen molar-refractivity contribution in [2.24, 2.45) is 5.73 Å². The third-order valence-electron chi connectivity index (χ3n) is 1.40. The summed E-state index contributed by atoms with van der Waals surface area (Å²) in [7, 11) is 0. The second-order valence-electron chi connectivity index (χ2n) is 2.26. The topological polar surface area (TPSA) is 26.0 Å².